The van der Waals surface area contributed by atoms with Crippen LogP contribution in [0.1, 0.15) is 10.6 Å². The fourth-order valence-corrected chi connectivity index (χ4v) is 2.38. The molecule has 122 valence electrons. The molecule has 4 rings (SSSR count). The van der Waals surface area contributed by atoms with E-state index in [2.05, 4.69) is 25.4 Å². The number of amides is 1. The lowest BCUT2D eigenvalue weighted by Crippen LogP contribution is -2.16. The molecule has 0 bridgehead atoms. The zero-order chi connectivity index (χ0) is 17.2. The second kappa shape index (κ2) is 6.08. The van der Waals surface area contributed by atoms with E-state index in [0.717, 1.165) is 0 Å². The van der Waals surface area contributed by atoms with E-state index >= 15 is 0 Å². The van der Waals surface area contributed by atoms with Gasteiger partial charge in [0.1, 0.15) is 5.82 Å². The van der Waals surface area contributed by atoms with Gasteiger partial charge in [-0.25, -0.2) is 23.9 Å². The Hall–Kier alpha value is -3.68. The summed E-state index contributed by atoms with van der Waals surface area (Å²) in [5.41, 5.74) is 1.39. The maximum Gasteiger partial charge on any atom is 0.294 e. The maximum absolute atomic E-state index is 14.1. The fourth-order valence-electron chi connectivity index (χ4n) is 2.38. The molecule has 0 saturated carbocycles. The molecule has 0 aliphatic carbocycles. The highest BCUT2D eigenvalue weighted by Crippen LogP contribution is 2.23. The van der Waals surface area contributed by atoms with Gasteiger partial charge in [-0.2, -0.15) is 0 Å². The Bertz CT molecular complexity index is 1060. The average Bonchev–Trinajstić information content (AvgIpc) is 3.06. The molecule has 3 heterocycles. The van der Waals surface area contributed by atoms with Gasteiger partial charge < -0.3 is 5.32 Å². The van der Waals surface area contributed by atoms with E-state index in [1.165, 1.54) is 29.2 Å². The molecule has 0 unspecified atom stereocenters. The first-order chi connectivity index (χ1) is 12.2. The highest BCUT2D eigenvalue weighted by molar-refractivity contribution is 6.00. The summed E-state index contributed by atoms with van der Waals surface area (Å²) in [6.07, 6.45) is 4.49. The van der Waals surface area contributed by atoms with E-state index in [1.54, 1.807) is 36.4 Å². The van der Waals surface area contributed by atoms with E-state index in [1.807, 2.05) is 0 Å². The van der Waals surface area contributed by atoms with Crippen molar-refractivity contribution in [2.45, 2.75) is 0 Å². The first kappa shape index (κ1) is 14.9. The third-order valence-electron chi connectivity index (χ3n) is 3.52. The maximum atomic E-state index is 14.1. The Morgan fingerprint density at radius 1 is 1.00 bits per heavy atom. The number of aromatic nitrogens is 5. The summed E-state index contributed by atoms with van der Waals surface area (Å²) in [5.74, 6) is -0.553. The molecular weight excluding hydrogens is 323 g/mol. The third kappa shape index (κ3) is 2.80. The molecule has 1 amide bonds. The van der Waals surface area contributed by atoms with Crippen LogP contribution in [0.25, 0.3) is 16.9 Å². The summed E-state index contributed by atoms with van der Waals surface area (Å²) in [7, 11) is 0. The van der Waals surface area contributed by atoms with Gasteiger partial charge in [0, 0.05) is 18.0 Å². The lowest BCUT2D eigenvalue weighted by molar-refractivity contribution is 0.101. The topological polar surface area (TPSA) is 85.1 Å². The van der Waals surface area contributed by atoms with Gasteiger partial charge in [0.15, 0.2) is 11.5 Å². The summed E-state index contributed by atoms with van der Waals surface area (Å²) in [4.78, 5) is 24.1. The molecule has 1 aromatic carbocycles. The summed E-state index contributed by atoms with van der Waals surface area (Å²) in [5, 5.41) is 6.93. The van der Waals surface area contributed by atoms with E-state index in [0.29, 0.717) is 16.9 Å². The second-order valence-electron chi connectivity index (χ2n) is 5.14. The number of benzene rings is 1. The van der Waals surface area contributed by atoms with Crippen molar-refractivity contribution in [2.24, 2.45) is 0 Å². The van der Waals surface area contributed by atoms with Crippen LogP contribution in [0.15, 0.2) is 61.1 Å². The van der Waals surface area contributed by atoms with Gasteiger partial charge >= 0.3 is 0 Å². The van der Waals surface area contributed by atoms with Gasteiger partial charge in [0.25, 0.3) is 5.91 Å². The number of hydrogen-bond donors (Lipinski definition) is 1. The van der Waals surface area contributed by atoms with Crippen LogP contribution in [-0.4, -0.2) is 30.5 Å². The third-order valence-corrected chi connectivity index (χ3v) is 3.52. The van der Waals surface area contributed by atoms with Crippen LogP contribution in [0.5, 0.6) is 0 Å². The van der Waals surface area contributed by atoms with Crippen molar-refractivity contribution in [3.63, 3.8) is 0 Å². The van der Waals surface area contributed by atoms with Gasteiger partial charge in [0.05, 0.1) is 11.9 Å². The summed E-state index contributed by atoms with van der Waals surface area (Å²) in [6, 6.07) is 11.3. The van der Waals surface area contributed by atoms with Crippen LogP contribution in [0.2, 0.25) is 0 Å². The van der Waals surface area contributed by atoms with Crippen LogP contribution >= 0.6 is 0 Å². The lowest BCUT2D eigenvalue weighted by atomic mass is 10.1. The van der Waals surface area contributed by atoms with Gasteiger partial charge in [0.2, 0.25) is 5.82 Å². The van der Waals surface area contributed by atoms with Crippen molar-refractivity contribution in [3.05, 3.63) is 72.7 Å². The van der Waals surface area contributed by atoms with E-state index in [9.17, 15) is 9.18 Å². The summed E-state index contributed by atoms with van der Waals surface area (Å²) in [6.45, 7) is 0. The molecule has 0 atom stereocenters. The largest absolute Gasteiger partial charge is 0.302 e. The van der Waals surface area contributed by atoms with Crippen molar-refractivity contribution in [2.75, 3.05) is 5.32 Å². The van der Waals surface area contributed by atoms with Crippen LogP contribution in [-0.2, 0) is 0 Å². The van der Waals surface area contributed by atoms with Crippen LogP contribution in [0.3, 0.4) is 0 Å². The Morgan fingerprint density at radius 3 is 2.60 bits per heavy atom. The van der Waals surface area contributed by atoms with Gasteiger partial charge in [-0.1, -0.05) is 12.1 Å². The van der Waals surface area contributed by atoms with Gasteiger partial charge in [-0.05, 0) is 30.3 Å². The van der Waals surface area contributed by atoms with Crippen molar-refractivity contribution < 1.29 is 9.18 Å². The monoisotopic (exact) mass is 334 g/mol. The van der Waals surface area contributed by atoms with Gasteiger partial charge in [-0.3, -0.25) is 4.79 Å². The molecule has 0 spiro atoms. The minimum atomic E-state index is -0.486. The molecule has 0 fully saturated rings. The SMILES string of the molecule is O=C(Nc1ccc2ncc(-c3ccccc3F)n2n1)c1ncccn1. The summed E-state index contributed by atoms with van der Waals surface area (Å²) >= 11 is 0. The van der Waals surface area contributed by atoms with Crippen molar-refractivity contribution >= 4 is 17.4 Å². The normalized spacial score (nSPS) is 10.8. The Labute approximate surface area is 141 Å². The zero-order valence-corrected chi connectivity index (χ0v) is 12.8. The average molecular weight is 334 g/mol. The first-order valence-electron chi connectivity index (χ1n) is 7.40. The second-order valence-corrected chi connectivity index (χ2v) is 5.14. The molecule has 1 N–H and O–H groups in total. The van der Waals surface area contributed by atoms with Crippen LogP contribution in [0, 0.1) is 5.82 Å². The van der Waals surface area contributed by atoms with Gasteiger partial charge in [-0.15, -0.1) is 5.10 Å². The number of imidazole rings is 1. The Kier molecular flexibility index (Phi) is 3.62. The molecular formula is C17H11FN6O. The molecule has 7 nitrogen and oxygen atoms in total. The number of rotatable bonds is 3. The van der Waals surface area contributed by atoms with E-state index < -0.39 is 5.91 Å². The van der Waals surface area contributed by atoms with Crippen molar-refractivity contribution in [1.82, 2.24) is 24.6 Å². The van der Waals surface area contributed by atoms with E-state index in [4.69, 9.17) is 0 Å². The molecule has 0 aliphatic heterocycles. The van der Waals surface area contributed by atoms with Crippen LogP contribution in [0.4, 0.5) is 10.2 Å². The Balaban J connectivity index is 1.72. The number of carbonyl (C=O) groups is 1. The number of nitrogens with one attached hydrogen (secondary N) is 1. The predicted molar refractivity (Wildman–Crippen MR) is 88.4 cm³/mol. The highest BCUT2D eigenvalue weighted by Gasteiger charge is 2.13. The smallest absolute Gasteiger partial charge is 0.294 e. The minimum Gasteiger partial charge on any atom is -0.302 e. The molecule has 0 saturated heterocycles. The van der Waals surface area contributed by atoms with Crippen molar-refractivity contribution in [3.8, 4) is 11.3 Å². The zero-order valence-electron chi connectivity index (χ0n) is 12.8. The number of carbonyl (C=O) groups excluding carboxylic acids is 1. The standard InChI is InChI=1S/C17H11FN6O/c18-12-5-2-1-4-11(12)13-10-21-15-7-6-14(23-24(13)15)22-17(25)16-19-8-3-9-20-16/h1-10H,(H,22,23,25). The quantitative estimate of drug-likeness (QED) is 0.622. The molecule has 8 heteroatoms. The lowest BCUT2D eigenvalue weighted by Gasteiger charge is -2.06. The minimum absolute atomic E-state index is 0.0318. The van der Waals surface area contributed by atoms with Crippen molar-refractivity contribution in [1.29, 1.82) is 0 Å². The number of halogens is 1. The number of nitrogens with zero attached hydrogens (tertiary/aromatic N) is 5. The fraction of sp³-hybridized carbons (Fsp3) is 0. The molecule has 3 aromatic heterocycles. The first-order valence-corrected chi connectivity index (χ1v) is 7.40. The number of hydrogen-bond acceptors (Lipinski definition) is 5. The molecule has 0 aliphatic rings. The number of fused-ring (bicyclic) bond motifs is 1. The molecule has 4 aromatic rings. The van der Waals surface area contributed by atoms with Crippen LogP contribution < -0.4 is 5.32 Å². The highest BCUT2D eigenvalue weighted by atomic mass is 19.1. The molecule has 25 heavy (non-hydrogen) atoms. The number of anilines is 1. The van der Waals surface area contributed by atoms with E-state index in [-0.39, 0.29) is 17.5 Å². The Morgan fingerprint density at radius 2 is 1.80 bits per heavy atom. The predicted octanol–water partition coefficient (Wildman–Crippen LogP) is 2.58. The molecule has 0 radical (unpaired) electrons. The summed E-state index contributed by atoms with van der Waals surface area (Å²) < 4.78 is 15.5.